The zero-order valence-corrected chi connectivity index (χ0v) is 22.1. The van der Waals surface area contributed by atoms with Crippen molar-refractivity contribution in [1.29, 1.82) is 0 Å². The lowest BCUT2D eigenvalue weighted by molar-refractivity contribution is -0.119. The van der Waals surface area contributed by atoms with Gasteiger partial charge in [0.2, 0.25) is 0 Å². The Morgan fingerprint density at radius 3 is 2.11 bits per heavy atom. The van der Waals surface area contributed by atoms with Gasteiger partial charge >= 0.3 is 0 Å². The fourth-order valence-corrected chi connectivity index (χ4v) is 5.99. The first-order valence-corrected chi connectivity index (χ1v) is 12.5. The smallest absolute Gasteiger partial charge is 0.162 e. The number of halogens is 1. The van der Waals surface area contributed by atoms with E-state index in [0.717, 1.165) is 29.8 Å². The maximum absolute atomic E-state index is 13.8. The highest BCUT2D eigenvalue weighted by Gasteiger charge is 2.49. The van der Waals surface area contributed by atoms with Crippen LogP contribution in [0.4, 0.5) is 0 Å². The van der Waals surface area contributed by atoms with Gasteiger partial charge in [0.15, 0.2) is 11.6 Å². The molecule has 1 heterocycles. The van der Waals surface area contributed by atoms with Crippen molar-refractivity contribution < 1.29 is 19.1 Å². The van der Waals surface area contributed by atoms with Crippen molar-refractivity contribution in [3.63, 3.8) is 0 Å². The average molecular weight is 496 g/mol. The quantitative estimate of drug-likeness (QED) is 0.475. The van der Waals surface area contributed by atoms with Crippen LogP contribution in [-0.4, -0.2) is 43.3 Å². The Labute approximate surface area is 213 Å². The highest BCUT2D eigenvalue weighted by atomic mass is 35.5. The Hall–Kier alpha value is -2.55. The minimum atomic E-state index is -0.530. The van der Waals surface area contributed by atoms with E-state index in [-0.39, 0.29) is 29.0 Å². The van der Waals surface area contributed by atoms with Gasteiger partial charge in [-0.3, -0.25) is 9.59 Å². The Morgan fingerprint density at radius 1 is 1.03 bits per heavy atom. The van der Waals surface area contributed by atoms with Gasteiger partial charge in [0, 0.05) is 65.5 Å². The number of hydrogen-bond acceptors (Lipinski definition) is 5. The van der Waals surface area contributed by atoms with Crippen molar-refractivity contribution in [3.8, 4) is 18.1 Å². The molecule has 4 rings (SSSR count). The number of benzene rings is 1. The van der Waals surface area contributed by atoms with Gasteiger partial charge in [0.1, 0.15) is 12.4 Å². The highest BCUT2D eigenvalue weighted by Crippen LogP contribution is 2.55. The number of ether oxygens (including phenoxy) is 2. The van der Waals surface area contributed by atoms with Crippen LogP contribution in [0, 0.1) is 23.2 Å². The number of terminal acetylenes is 1. The summed E-state index contributed by atoms with van der Waals surface area (Å²) in [5, 5.41) is 0.520. The van der Waals surface area contributed by atoms with Crippen LogP contribution < -0.4 is 4.74 Å². The van der Waals surface area contributed by atoms with Gasteiger partial charge in [-0.25, -0.2) is 0 Å². The van der Waals surface area contributed by atoms with Crippen LogP contribution in [0.5, 0.6) is 5.75 Å². The molecule has 1 aromatic carbocycles. The zero-order valence-electron chi connectivity index (χ0n) is 21.3. The Morgan fingerprint density at radius 2 is 1.60 bits per heavy atom. The second kappa shape index (κ2) is 9.48. The molecule has 0 unspecified atom stereocenters. The van der Waals surface area contributed by atoms with E-state index in [1.165, 1.54) is 0 Å². The summed E-state index contributed by atoms with van der Waals surface area (Å²) >= 11 is 6.46. The van der Waals surface area contributed by atoms with Gasteiger partial charge < -0.3 is 14.4 Å². The number of methoxy groups -OCH3 is 1. The molecule has 0 saturated carbocycles. The van der Waals surface area contributed by atoms with E-state index in [1.807, 2.05) is 6.07 Å². The molecule has 0 aromatic heterocycles. The predicted molar refractivity (Wildman–Crippen MR) is 137 cm³/mol. The van der Waals surface area contributed by atoms with E-state index >= 15 is 0 Å². The first-order chi connectivity index (χ1) is 16.5. The topological polar surface area (TPSA) is 55.8 Å². The molecule has 0 spiro atoms. The minimum absolute atomic E-state index is 0.0655. The zero-order chi connectivity index (χ0) is 25.5. The Balaban J connectivity index is 2.01. The van der Waals surface area contributed by atoms with E-state index in [1.54, 1.807) is 19.2 Å². The van der Waals surface area contributed by atoms with Crippen LogP contribution in [0.1, 0.15) is 64.9 Å². The Kier molecular flexibility index (Phi) is 6.92. The van der Waals surface area contributed by atoms with Crippen molar-refractivity contribution in [2.24, 2.45) is 10.8 Å². The molecule has 1 aromatic rings. The number of carbonyl (C=O) groups excluding carboxylic acids is 2. The molecule has 0 atom stereocenters. The molecule has 5 nitrogen and oxygen atoms in total. The normalized spacial score (nSPS) is 21.6. The lowest BCUT2D eigenvalue weighted by atomic mass is 9.63. The van der Waals surface area contributed by atoms with E-state index in [4.69, 9.17) is 27.5 Å². The molecule has 3 aliphatic rings. The van der Waals surface area contributed by atoms with Crippen molar-refractivity contribution in [1.82, 2.24) is 4.90 Å². The number of ketones is 2. The second-order valence-electron chi connectivity index (χ2n) is 11.4. The van der Waals surface area contributed by atoms with Crippen LogP contribution in [0.3, 0.4) is 0 Å². The van der Waals surface area contributed by atoms with Crippen LogP contribution in [-0.2, 0) is 14.3 Å². The summed E-state index contributed by atoms with van der Waals surface area (Å²) in [6.07, 6.45) is 7.78. The third-order valence-electron chi connectivity index (χ3n) is 7.13. The molecule has 2 aliphatic carbocycles. The third-order valence-corrected chi connectivity index (χ3v) is 7.37. The maximum atomic E-state index is 13.8. The molecule has 6 heteroatoms. The number of hydrogen-bond donors (Lipinski definition) is 0. The molecule has 0 saturated heterocycles. The SMILES string of the molecule is C#CCOc1ccc(Cl)cc1C1C2=C(CC(C)(C)CC2=O)N(CCOC)C2=C1C(=O)CC(C)(C)C2. The molecular formula is C29H34ClNO4. The summed E-state index contributed by atoms with van der Waals surface area (Å²) < 4.78 is 11.3. The highest BCUT2D eigenvalue weighted by molar-refractivity contribution is 6.30. The summed E-state index contributed by atoms with van der Waals surface area (Å²) in [4.78, 5) is 29.8. The minimum Gasteiger partial charge on any atom is -0.481 e. The first kappa shape index (κ1) is 25.5. The summed E-state index contributed by atoms with van der Waals surface area (Å²) in [5.74, 6) is 2.66. The van der Waals surface area contributed by atoms with Crippen molar-refractivity contribution in [3.05, 3.63) is 51.3 Å². The molecule has 35 heavy (non-hydrogen) atoms. The molecule has 0 bridgehead atoms. The molecule has 186 valence electrons. The molecule has 0 N–H and O–H groups in total. The molecular weight excluding hydrogens is 462 g/mol. The molecule has 0 fully saturated rings. The van der Waals surface area contributed by atoms with Crippen molar-refractivity contribution in [2.45, 2.75) is 59.3 Å². The molecule has 1 aliphatic heterocycles. The van der Waals surface area contributed by atoms with Crippen LogP contribution >= 0.6 is 11.6 Å². The van der Waals surface area contributed by atoms with Gasteiger partial charge in [-0.2, -0.15) is 0 Å². The van der Waals surface area contributed by atoms with E-state index in [9.17, 15) is 9.59 Å². The van der Waals surface area contributed by atoms with Gasteiger partial charge in [-0.05, 0) is 41.9 Å². The van der Waals surface area contributed by atoms with Crippen LogP contribution in [0.15, 0.2) is 40.7 Å². The Bertz CT molecular complexity index is 1110. The summed E-state index contributed by atoms with van der Waals surface area (Å²) in [6.45, 7) is 9.66. The lowest BCUT2D eigenvalue weighted by Gasteiger charge is -2.49. The fourth-order valence-electron chi connectivity index (χ4n) is 5.81. The maximum Gasteiger partial charge on any atom is 0.162 e. The van der Waals surface area contributed by atoms with Gasteiger partial charge in [-0.1, -0.05) is 45.2 Å². The molecule has 0 amide bonds. The van der Waals surface area contributed by atoms with E-state index in [0.29, 0.717) is 47.9 Å². The van der Waals surface area contributed by atoms with Crippen LogP contribution in [0.2, 0.25) is 5.02 Å². The van der Waals surface area contributed by atoms with Crippen molar-refractivity contribution in [2.75, 3.05) is 26.9 Å². The standard InChI is InChI=1S/C29H34ClNO4/c1-7-11-35-24-9-8-18(30)13-19(24)25-26-20(14-28(2,3)16-22(26)32)31(10-12-34-6)21-15-29(4,5)17-23(33)27(21)25/h1,8-9,13,25H,10-12,14-17H2,2-6H3. The van der Waals surface area contributed by atoms with Gasteiger partial charge in [0.25, 0.3) is 0 Å². The third kappa shape index (κ3) is 4.92. The van der Waals surface area contributed by atoms with Crippen LogP contribution in [0.25, 0.3) is 0 Å². The van der Waals surface area contributed by atoms with Crippen molar-refractivity contribution >= 4 is 23.2 Å². The first-order valence-electron chi connectivity index (χ1n) is 12.1. The molecule has 0 radical (unpaired) electrons. The number of nitrogens with zero attached hydrogens (tertiary/aromatic N) is 1. The summed E-state index contributed by atoms with van der Waals surface area (Å²) in [7, 11) is 1.67. The monoisotopic (exact) mass is 495 g/mol. The summed E-state index contributed by atoms with van der Waals surface area (Å²) in [6, 6.07) is 5.34. The number of allylic oxidation sites excluding steroid dienone is 4. The average Bonchev–Trinajstić information content (AvgIpc) is 2.74. The largest absolute Gasteiger partial charge is 0.481 e. The second-order valence-corrected chi connectivity index (χ2v) is 11.8. The van der Waals surface area contributed by atoms with E-state index < -0.39 is 5.92 Å². The predicted octanol–water partition coefficient (Wildman–Crippen LogP) is 5.68. The lowest BCUT2D eigenvalue weighted by Crippen LogP contribution is -2.45. The van der Waals surface area contributed by atoms with Gasteiger partial charge in [-0.15, -0.1) is 6.42 Å². The van der Waals surface area contributed by atoms with E-state index in [2.05, 4.69) is 38.5 Å². The number of Topliss-reactive ketones (excluding diaryl/α,β-unsaturated/α-hetero) is 2. The fraction of sp³-hybridized carbons (Fsp3) is 0.517. The summed E-state index contributed by atoms with van der Waals surface area (Å²) in [5.41, 5.74) is 3.69. The number of carbonyl (C=O) groups is 2. The number of rotatable bonds is 6. The van der Waals surface area contributed by atoms with Gasteiger partial charge in [0.05, 0.1) is 6.61 Å².